The second-order valence-electron chi connectivity index (χ2n) is 7.45. The van der Waals surface area contributed by atoms with Crippen molar-refractivity contribution in [2.75, 3.05) is 39.8 Å². The molecule has 2 rings (SSSR count). The average molecular weight is 324 g/mol. The van der Waals surface area contributed by atoms with E-state index in [2.05, 4.69) is 59.8 Å². The lowest BCUT2D eigenvalue weighted by molar-refractivity contribution is -0.123. The zero-order valence-corrected chi connectivity index (χ0v) is 15.1. The molecule has 5 heteroatoms. The lowest BCUT2D eigenvalue weighted by Crippen LogP contribution is -2.48. The Kier molecular flexibility index (Phi) is 6.01. The Labute approximate surface area is 138 Å². The van der Waals surface area contributed by atoms with Crippen LogP contribution in [0.1, 0.15) is 38.8 Å². The first kappa shape index (κ1) is 17.4. The van der Waals surface area contributed by atoms with Gasteiger partial charge in [-0.3, -0.25) is 9.69 Å². The second-order valence-corrected chi connectivity index (χ2v) is 8.23. The highest BCUT2D eigenvalue weighted by atomic mass is 32.1. The summed E-state index contributed by atoms with van der Waals surface area (Å²) in [6, 6.07) is 2.48. The third kappa shape index (κ3) is 5.38. The fraction of sp³-hybridized carbons (Fsp3) is 0.706. The predicted octanol–water partition coefficient (Wildman–Crippen LogP) is 2.59. The highest BCUT2D eigenvalue weighted by Gasteiger charge is 2.25. The zero-order chi connectivity index (χ0) is 16.2. The van der Waals surface area contributed by atoms with Crippen LogP contribution in [0.15, 0.2) is 16.8 Å². The molecule has 22 heavy (non-hydrogen) atoms. The summed E-state index contributed by atoms with van der Waals surface area (Å²) in [4.78, 5) is 17.0. The Morgan fingerprint density at radius 3 is 2.55 bits per heavy atom. The van der Waals surface area contributed by atoms with E-state index < -0.39 is 0 Å². The van der Waals surface area contributed by atoms with Crippen LogP contribution in [0, 0.1) is 5.41 Å². The molecule has 1 aromatic rings. The van der Waals surface area contributed by atoms with E-state index in [0.717, 1.165) is 26.2 Å². The van der Waals surface area contributed by atoms with Crippen LogP contribution in [-0.2, 0) is 4.79 Å². The number of carbonyl (C=O) groups is 1. The number of likely N-dealkylation sites (N-methyl/N-ethyl adjacent to an activating group) is 1. The Morgan fingerprint density at radius 2 is 2.00 bits per heavy atom. The third-order valence-electron chi connectivity index (χ3n) is 4.09. The predicted molar refractivity (Wildman–Crippen MR) is 93.2 cm³/mol. The highest BCUT2D eigenvalue weighted by Crippen LogP contribution is 2.24. The summed E-state index contributed by atoms with van der Waals surface area (Å²) in [7, 11) is 2.17. The highest BCUT2D eigenvalue weighted by molar-refractivity contribution is 7.07. The van der Waals surface area contributed by atoms with Crippen molar-refractivity contribution in [3.63, 3.8) is 0 Å². The minimum atomic E-state index is 0.0375. The van der Waals surface area contributed by atoms with Crippen molar-refractivity contribution in [2.24, 2.45) is 5.41 Å². The summed E-state index contributed by atoms with van der Waals surface area (Å²) in [5.74, 6) is 0.154. The molecular formula is C17H29N3OS. The maximum atomic E-state index is 12.1. The lowest BCUT2D eigenvalue weighted by Gasteiger charge is -2.38. The molecule has 4 nitrogen and oxygen atoms in total. The Balaban J connectivity index is 1.96. The van der Waals surface area contributed by atoms with Gasteiger partial charge in [-0.2, -0.15) is 11.3 Å². The number of hydrogen-bond acceptors (Lipinski definition) is 4. The van der Waals surface area contributed by atoms with Crippen molar-refractivity contribution in [2.45, 2.75) is 33.2 Å². The molecule has 1 fully saturated rings. The van der Waals surface area contributed by atoms with E-state index in [-0.39, 0.29) is 11.3 Å². The van der Waals surface area contributed by atoms with Crippen LogP contribution >= 0.6 is 11.3 Å². The maximum Gasteiger partial charge on any atom is 0.220 e. The largest absolute Gasteiger partial charge is 0.354 e. The van der Waals surface area contributed by atoms with E-state index in [0.29, 0.717) is 19.0 Å². The van der Waals surface area contributed by atoms with E-state index in [4.69, 9.17) is 0 Å². The first-order chi connectivity index (χ1) is 10.3. The fourth-order valence-corrected chi connectivity index (χ4v) is 3.52. The molecule has 2 heterocycles. The van der Waals surface area contributed by atoms with Crippen molar-refractivity contribution in [3.05, 3.63) is 22.4 Å². The van der Waals surface area contributed by atoms with E-state index >= 15 is 0 Å². The summed E-state index contributed by atoms with van der Waals surface area (Å²) in [5, 5.41) is 7.47. The molecule has 0 bridgehead atoms. The summed E-state index contributed by atoms with van der Waals surface area (Å²) in [6.07, 6.45) is 0.575. The lowest BCUT2D eigenvalue weighted by atomic mass is 9.92. The van der Waals surface area contributed by atoms with E-state index in [9.17, 15) is 4.79 Å². The molecule has 1 atom stereocenters. The molecule has 0 spiro atoms. The number of nitrogens with one attached hydrogen (secondary N) is 1. The summed E-state index contributed by atoms with van der Waals surface area (Å²) in [6.45, 7) is 11.3. The van der Waals surface area contributed by atoms with Crippen LogP contribution in [0.3, 0.4) is 0 Å². The van der Waals surface area contributed by atoms with E-state index in [1.165, 1.54) is 5.56 Å². The van der Waals surface area contributed by atoms with Crippen LogP contribution in [0.2, 0.25) is 0 Å². The molecule has 0 saturated carbocycles. The van der Waals surface area contributed by atoms with Gasteiger partial charge in [0, 0.05) is 39.1 Å². The van der Waals surface area contributed by atoms with Gasteiger partial charge in [-0.15, -0.1) is 0 Å². The zero-order valence-electron chi connectivity index (χ0n) is 14.3. The molecule has 1 unspecified atom stereocenters. The van der Waals surface area contributed by atoms with Crippen LogP contribution in [-0.4, -0.2) is 55.5 Å². The van der Waals surface area contributed by atoms with E-state index in [1.54, 1.807) is 11.3 Å². The van der Waals surface area contributed by atoms with Gasteiger partial charge in [-0.05, 0) is 34.9 Å². The standard InChI is InChI=1S/C17H29N3OS/c1-17(2,3)11-16(21)18-12-15(14-5-10-22-13-14)20-8-6-19(4)7-9-20/h5,10,13,15H,6-9,11-12H2,1-4H3,(H,18,21). The molecule has 1 N–H and O–H groups in total. The van der Waals surface area contributed by atoms with Gasteiger partial charge in [0.2, 0.25) is 5.91 Å². The minimum absolute atomic E-state index is 0.0375. The minimum Gasteiger partial charge on any atom is -0.354 e. The molecule has 1 amide bonds. The van der Waals surface area contributed by atoms with Crippen LogP contribution in [0.4, 0.5) is 0 Å². The maximum absolute atomic E-state index is 12.1. The van der Waals surface area contributed by atoms with Crippen molar-refractivity contribution in [3.8, 4) is 0 Å². The van der Waals surface area contributed by atoms with Gasteiger partial charge < -0.3 is 10.2 Å². The van der Waals surface area contributed by atoms with Gasteiger partial charge in [0.05, 0.1) is 6.04 Å². The molecule has 1 aromatic heterocycles. The van der Waals surface area contributed by atoms with Gasteiger partial charge in [0.1, 0.15) is 0 Å². The molecule has 0 aromatic carbocycles. The van der Waals surface area contributed by atoms with Gasteiger partial charge in [0.15, 0.2) is 0 Å². The van der Waals surface area contributed by atoms with Crippen LogP contribution < -0.4 is 5.32 Å². The van der Waals surface area contributed by atoms with Crippen LogP contribution in [0.5, 0.6) is 0 Å². The molecule has 1 aliphatic rings. The van der Waals surface area contributed by atoms with Crippen molar-refractivity contribution in [1.82, 2.24) is 15.1 Å². The van der Waals surface area contributed by atoms with Crippen LogP contribution in [0.25, 0.3) is 0 Å². The molecule has 1 saturated heterocycles. The third-order valence-corrected chi connectivity index (χ3v) is 4.79. The first-order valence-corrected chi connectivity index (χ1v) is 9.01. The number of piperazine rings is 1. The molecule has 0 radical (unpaired) electrons. The van der Waals surface area contributed by atoms with Gasteiger partial charge in [-0.25, -0.2) is 0 Å². The van der Waals surface area contributed by atoms with E-state index in [1.807, 2.05) is 0 Å². The topological polar surface area (TPSA) is 35.6 Å². The second kappa shape index (κ2) is 7.57. The molecular weight excluding hydrogens is 294 g/mol. The van der Waals surface area contributed by atoms with Gasteiger partial charge >= 0.3 is 0 Å². The number of amides is 1. The SMILES string of the molecule is CN1CCN(C(CNC(=O)CC(C)(C)C)c2ccsc2)CC1. The van der Waals surface area contributed by atoms with Crippen molar-refractivity contribution in [1.29, 1.82) is 0 Å². The Hall–Kier alpha value is -0.910. The normalized spacial score (nSPS) is 19.1. The number of hydrogen-bond donors (Lipinski definition) is 1. The summed E-state index contributed by atoms with van der Waals surface area (Å²) < 4.78 is 0. The van der Waals surface area contributed by atoms with Crippen molar-refractivity contribution >= 4 is 17.2 Å². The molecule has 0 aliphatic carbocycles. The molecule has 1 aliphatic heterocycles. The van der Waals surface area contributed by atoms with Gasteiger partial charge in [-0.1, -0.05) is 20.8 Å². The van der Waals surface area contributed by atoms with Gasteiger partial charge in [0.25, 0.3) is 0 Å². The summed E-state index contributed by atoms with van der Waals surface area (Å²) >= 11 is 1.73. The monoisotopic (exact) mass is 323 g/mol. The molecule has 124 valence electrons. The Bertz CT molecular complexity index is 459. The summed E-state index contributed by atoms with van der Waals surface area (Å²) in [5.41, 5.74) is 1.36. The number of carbonyl (C=O) groups excluding carboxylic acids is 1. The van der Waals surface area contributed by atoms with Crippen molar-refractivity contribution < 1.29 is 4.79 Å². The first-order valence-electron chi connectivity index (χ1n) is 8.06. The smallest absolute Gasteiger partial charge is 0.220 e. The fourth-order valence-electron chi connectivity index (χ4n) is 2.81. The number of rotatable bonds is 5. The quantitative estimate of drug-likeness (QED) is 0.905. The average Bonchev–Trinajstić information content (AvgIpc) is 2.93. The Morgan fingerprint density at radius 1 is 1.32 bits per heavy atom. The number of nitrogens with zero attached hydrogens (tertiary/aromatic N) is 2. The number of thiophene rings is 1.